The molecule has 0 spiro atoms. The third kappa shape index (κ3) is 2.43. The molecule has 1 aliphatic heterocycles. The van der Waals surface area contributed by atoms with Gasteiger partial charge < -0.3 is 4.90 Å². The van der Waals surface area contributed by atoms with Crippen LogP contribution < -0.4 is 0 Å². The van der Waals surface area contributed by atoms with Gasteiger partial charge in [0.05, 0.1) is 5.56 Å². The first-order chi connectivity index (χ1) is 7.70. The molecule has 1 saturated heterocycles. The Balaban J connectivity index is 2.21. The quantitative estimate of drug-likeness (QED) is 0.794. The number of nitrogens with zero attached hydrogens (tertiary/aromatic N) is 1. The van der Waals surface area contributed by atoms with Gasteiger partial charge in [-0.25, -0.2) is 0 Å². The number of benzene rings is 1. The second-order valence-corrected chi connectivity index (χ2v) is 5.91. The van der Waals surface area contributed by atoms with Gasteiger partial charge in [0, 0.05) is 28.6 Å². The van der Waals surface area contributed by atoms with Gasteiger partial charge >= 0.3 is 0 Å². The van der Waals surface area contributed by atoms with Crippen molar-refractivity contribution in [3.05, 3.63) is 34.3 Å². The summed E-state index contributed by atoms with van der Waals surface area (Å²) in [5.41, 5.74) is 0.765. The summed E-state index contributed by atoms with van der Waals surface area (Å²) < 4.78 is 0.880. The number of hydrogen-bond acceptors (Lipinski definition) is 2. The normalized spacial score (nSPS) is 20.9. The van der Waals surface area contributed by atoms with E-state index in [1.54, 1.807) is 0 Å². The summed E-state index contributed by atoms with van der Waals surface area (Å²) in [5.74, 6) is 2.22. The highest BCUT2D eigenvalue weighted by molar-refractivity contribution is 9.10. The second kappa shape index (κ2) is 5.23. The van der Waals surface area contributed by atoms with E-state index in [0.29, 0.717) is 6.04 Å². The van der Waals surface area contributed by atoms with E-state index < -0.39 is 0 Å². The second-order valence-electron chi connectivity index (χ2n) is 3.90. The fourth-order valence-corrected chi connectivity index (χ4v) is 3.29. The van der Waals surface area contributed by atoms with Crippen LogP contribution in [0.15, 0.2) is 28.7 Å². The van der Waals surface area contributed by atoms with E-state index in [9.17, 15) is 4.79 Å². The smallest absolute Gasteiger partial charge is 0.255 e. The lowest BCUT2D eigenvalue weighted by molar-refractivity contribution is 0.0715. The zero-order valence-electron chi connectivity index (χ0n) is 9.15. The van der Waals surface area contributed by atoms with Crippen LogP contribution in [0.4, 0.5) is 0 Å². The van der Waals surface area contributed by atoms with E-state index in [2.05, 4.69) is 22.9 Å². The number of carbonyl (C=O) groups excluding carboxylic acids is 1. The molecule has 1 amide bonds. The molecule has 0 N–H and O–H groups in total. The number of thioether (sulfide) groups is 1. The Bertz CT molecular complexity index is 396. The summed E-state index contributed by atoms with van der Waals surface area (Å²) in [6.07, 6.45) is 0. The molecule has 1 aliphatic rings. The topological polar surface area (TPSA) is 20.3 Å². The predicted octanol–water partition coefficient (Wildman–Crippen LogP) is 3.03. The van der Waals surface area contributed by atoms with Gasteiger partial charge in [0.1, 0.15) is 0 Å². The summed E-state index contributed by atoms with van der Waals surface area (Å²) >= 11 is 5.35. The van der Waals surface area contributed by atoms with Crippen molar-refractivity contribution >= 4 is 33.6 Å². The largest absolute Gasteiger partial charge is 0.334 e. The summed E-state index contributed by atoms with van der Waals surface area (Å²) in [4.78, 5) is 14.3. The average Bonchev–Trinajstić information content (AvgIpc) is 2.29. The molecule has 16 heavy (non-hydrogen) atoms. The number of rotatable bonds is 1. The summed E-state index contributed by atoms with van der Waals surface area (Å²) in [7, 11) is 0. The van der Waals surface area contributed by atoms with Gasteiger partial charge in [-0.15, -0.1) is 0 Å². The van der Waals surface area contributed by atoms with Crippen LogP contribution in [-0.4, -0.2) is 34.9 Å². The Morgan fingerprint density at radius 1 is 1.50 bits per heavy atom. The molecule has 86 valence electrons. The number of amides is 1. The molecular weight excluding hydrogens is 286 g/mol. The minimum atomic E-state index is 0.139. The molecule has 1 fully saturated rings. The molecule has 0 saturated carbocycles. The lowest BCUT2D eigenvalue weighted by atomic mass is 10.1. The van der Waals surface area contributed by atoms with Crippen LogP contribution in [0.3, 0.4) is 0 Å². The van der Waals surface area contributed by atoms with Crippen LogP contribution in [0.25, 0.3) is 0 Å². The number of carbonyl (C=O) groups is 1. The lowest BCUT2D eigenvalue weighted by Crippen LogP contribution is -2.44. The molecule has 1 aromatic carbocycles. The molecule has 1 unspecified atom stereocenters. The van der Waals surface area contributed by atoms with E-state index in [1.165, 1.54) is 0 Å². The van der Waals surface area contributed by atoms with Crippen molar-refractivity contribution in [3.8, 4) is 0 Å². The zero-order valence-corrected chi connectivity index (χ0v) is 11.6. The standard InChI is InChI=1S/C12H14BrNOS/c1-9-8-16-7-6-14(9)12(15)10-4-2-3-5-11(10)13/h2-5,9H,6-8H2,1H3. The Kier molecular flexibility index (Phi) is 3.92. The first-order valence-corrected chi connectivity index (χ1v) is 7.28. The van der Waals surface area contributed by atoms with Crippen molar-refractivity contribution in [3.63, 3.8) is 0 Å². The molecule has 2 rings (SSSR count). The van der Waals surface area contributed by atoms with E-state index in [-0.39, 0.29) is 5.91 Å². The first-order valence-electron chi connectivity index (χ1n) is 5.33. The summed E-state index contributed by atoms with van der Waals surface area (Å²) in [6, 6.07) is 7.95. The maximum absolute atomic E-state index is 12.3. The maximum atomic E-state index is 12.3. The number of hydrogen-bond donors (Lipinski definition) is 0. The third-order valence-electron chi connectivity index (χ3n) is 2.73. The van der Waals surface area contributed by atoms with E-state index in [4.69, 9.17) is 0 Å². The summed E-state index contributed by atoms with van der Waals surface area (Å²) in [6.45, 7) is 2.97. The van der Waals surface area contributed by atoms with Crippen LogP contribution in [0.5, 0.6) is 0 Å². The molecule has 1 heterocycles. The fourth-order valence-electron chi connectivity index (χ4n) is 1.82. The lowest BCUT2D eigenvalue weighted by Gasteiger charge is -2.33. The Hall–Kier alpha value is -0.480. The highest BCUT2D eigenvalue weighted by Gasteiger charge is 2.25. The molecule has 2 nitrogen and oxygen atoms in total. The first kappa shape index (κ1) is 12.0. The van der Waals surface area contributed by atoms with Gasteiger partial charge in [-0.3, -0.25) is 4.79 Å². The van der Waals surface area contributed by atoms with Crippen LogP contribution >= 0.6 is 27.7 Å². The Labute approximate surface area is 109 Å². The zero-order chi connectivity index (χ0) is 11.5. The maximum Gasteiger partial charge on any atom is 0.255 e. The predicted molar refractivity (Wildman–Crippen MR) is 72.0 cm³/mol. The Morgan fingerprint density at radius 3 is 2.94 bits per heavy atom. The van der Waals surface area contributed by atoms with E-state index >= 15 is 0 Å². The van der Waals surface area contributed by atoms with Crippen molar-refractivity contribution in [1.82, 2.24) is 4.90 Å². The molecule has 0 aromatic heterocycles. The molecule has 0 aliphatic carbocycles. The van der Waals surface area contributed by atoms with Gasteiger partial charge in [0.2, 0.25) is 0 Å². The van der Waals surface area contributed by atoms with Gasteiger partial charge in [-0.2, -0.15) is 11.8 Å². The van der Waals surface area contributed by atoms with Gasteiger partial charge in [-0.05, 0) is 35.0 Å². The van der Waals surface area contributed by atoms with Crippen LogP contribution in [0.2, 0.25) is 0 Å². The highest BCUT2D eigenvalue weighted by Crippen LogP contribution is 2.22. The number of halogens is 1. The SMILES string of the molecule is CC1CSCCN1C(=O)c1ccccc1Br. The molecule has 1 atom stereocenters. The van der Waals surface area contributed by atoms with Crippen molar-refractivity contribution in [2.75, 3.05) is 18.1 Å². The van der Waals surface area contributed by atoms with Gasteiger partial charge in [0.15, 0.2) is 0 Å². The van der Waals surface area contributed by atoms with Gasteiger partial charge in [0.25, 0.3) is 5.91 Å². The molecular formula is C12H14BrNOS. The average molecular weight is 300 g/mol. The van der Waals surface area contributed by atoms with Crippen LogP contribution in [0.1, 0.15) is 17.3 Å². The third-order valence-corrected chi connectivity index (χ3v) is 4.61. The van der Waals surface area contributed by atoms with Crippen LogP contribution in [-0.2, 0) is 0 Å². The van der Waals surface area contributed by atoms with E-state index in [0.717, 1.165) is 28.1 Å². The minimum absolute atomic E-state index is 0.139. The van der Waals surface area contributed by atoms with E-state index in [1.807, 2.05) is 40.9 Å². The monoisotopic (exact) mass is 299 g/mol. The van der Waals surface area contributed by atoms with Crippen LogP contribution in [0, 0.1) is 0 Å². The molecule has 0 bridgehead atoms. The fraction of sp³-hybridized carbons (Fsp3) is 0.417. The van der Waals surface area contributed by atoms with Gasteiger partial charge in [-0.1, -0.05) is 12.1 Å². The highest BCUT2D eigenvalue weighted by atomic mass is 79.9. The molecule has 0 radical (unpaired) electrons. The minimum Gasteiger partial charge on any atom is -0.334 e. The molecule has 1 aromatic rings. The van der Waals surface area contributed by atoms with Crippen molar-refractivity contribution in [2.24, 2.45) is 0 Å². The summed E-state index contributed by atoms with van der Waals surface area (Å²) in [5, 5.41) is 0. The van der Waals surface area contributed by atoms with Crippen molar-refractivity contribution in [2.45, 2.75) is 13.0 Å². The molecule has 4 heteroatoms. The van der Waals surface area contributed by atoms with Crippen molar-refractivity contribution < 1.29 is 4.79 Å². The van der Waals surface area contributed by atoms with Crippen molar-refractivity contribution in [1.29, 1.82) is 0 Å². The Morgan fingerprint density at radius 2 is 2.25 bits per heavy atom.